The van der Waals surface area contributed by atoms with Crippen LogP contribution in [0.4, 0.5) is 0 Å². The van der Waals surface area contributed by atoms with Gasteiger partial charge in [-0.05, 0) is 37.6 Å². The Bertz CT molecular complexity index is 1140. The molecule has 0 spiro atoms. The molecule has 12 heteroatoms. The van der Waals surface area contributed by atoms with Crippen molar-refractivity contribution in [3.8, 4) is 6.07 Å². The van der Waals surface area contributed by atoms with Crippen LogP contribution in [0.3, 0.4) is 0 Å². The molecule has 3 atom stereocenters. The number of fused-ring (bicyclic) bond motifs is 1. The molecule has 1 aliphatic heterocycles. The average molecular weight is 505 g/mol. The van der Waals surface area contributed by atoms with E-state index in [4.69, 9.17) is 10.00 Å². The maximum atomic E-state index is 13.2. The molecule has 3 rings (SSSR count). The van der Waals surface area contributed by atoms with Crippen molar-refractivity contribution in [1.82, 2.24) is 24.2 Å². The van der Waals surface area contributed by atoms with Crippen LogP contribution in [-0.4, -0.2) is 82.5 Å². The highest BCUT2D eigenvalue weighted by molar-refractivity contribution is 7.89. The normalized spacial score (nSPS) is 21.0. The molecule has 1 N–H and O–H groups in total. The predicted molar refractivity (Wildman–Crippen MR) is 126 cm³/mol. The molecule has 0 aliphatic carbocycles. The van der Waals surface area contributed by atoms with Gasteiger partial charge in [-0.1, -0.05) is 12.1 Å². The number of amides is 1. The lowest BCUT2D eigenvalue weighted by Crippen LogP contribution is -2.47. The van der Waals surface area contributed by atoms with Gasteiger partial charge in [0.15, 0.2) is 0 Å². The Morgan fingerprint density at radius 1 is 1.34 bits per heavy atom. The molecule has 35 heavy (non-hydrogen) atoms. The Balaban J connectivity index is 1.86. The van der Waals surface area contributed by atoms with Gasteiger partial charge in [0.2, 0.25) is 15.9 Å². The monoisotopic (exact) mass is 504 g/mol. The summed E-state index contributed by atoms with van der Waals surface area (Å²) in [5, 5.41) is 26.7. The topological polar surface area (TPSA) is 142 Å². The first kappa shape index (κ1) is 26.7. The SMILES string of the molecule is C[C@H](CO)N1C[C@H](C)[C@H](CN(C)S(=O)(=O)c2ccc(C#N)cc2)OCc2cnnn2CCCC1=O. The van der Waals surface area contributed by atoms with Crippen LogP contribution in [0.25, 0.3) is 0 Å². The van der Waals surface area contributed by atoms with Gasteiger partial charge in [0.1, 0.15) is 0 Å². The summed E-state index contributed by atoms with van der Waals surface area (Å²) in [5.74, 6) is -0.326. The minimum absolute atomic E-state index is 0.0423. The predicted octanol–water partition coefficient (Wildman–Crippen LogP) is 0.995. The minimum Gasteiger partial charge on any atom is -0.394 e. The molecule has 1 aromatic heterocycles. The Kier molecular flexibility index (Phi) is 8.96. The fourth-order valence-electron chi connectivity index (χ4n) is 3.98. The van der Waals surface area contributed by atoms with Crippen LogP contribution in [0.1, 0.15) is 37.9 Å². The van der Waals surface area contributed by atoms with Crippen molar-refractivity contribution in [2.75, 3.05) is 26.7 Å². The van der Waals surface area contributed by atoms with Crippen LogP contribution in [-0.2, 0) is 32.7 Å². The number of aryl methyl sites for hydroxylation is 1. The van der Waals surface area contributed by atoms with Gasteiger partial charge in [-0.25, -0.2) is 13.1 Å². The number of hydrogen-bond acceptors (Lipinski definition) is 8. The van der Waals surface area contributed by atoms with Crippen LogP contribution in [0.2, 0.25) is 0 Å². The number of aliphatic hydroxyl groups is 1. The van der Waals surface area contributed by atoms with Gasteiger partial charge in [-0.2, -0.15) is 9.57 Å². The van der Waals surface area contributed by atoms with Crippen LogP contribution >= 0.6 is 0 Å². The van der Waals surface area contributed by atoms with Crippen molar-refractivity contribution < 1.29 is 23.1 Å². The van der Waals surface area contributed by atoms with E-state index in [0.717, 1.165) is 5.69 Å². The summed E-state index contributed by atoms with van der Waals surface area (Å²) in [7, 11) is -2.36. The van der Waals surface area contributed by atoms with Gasteiger partial charge < -0.3 is 14.7 Å². The quantitative estimate of drug-likeness (QED) is 0.614. The molecule has 2 aromatic rings. The van der Waals surface area contributed by atoms with Gasteiger partial charge in [0, 0.05) is 39.0 Å². The van der Waals surface area contributed by atoms with Crippen molar-refractivity contribution in [1.29, 1.82) is 5.26 Å². The second-order valence-corrected chi connectivity index (χ2v) is 10.9. The molecule has 190 valence electrons. The number of nitriles is 1. The summed E-state index contributed by atoms with van der Waals surface area (Å²) in [4.78, 5) is 14.7. The Hall–Kier alpha value is -2.85. The number of nitrogens with zero attached hydrogens (tertiary/aromatic N) is 6. The number of carbonyl (C=O) groups excluding carboxylic acids is 1. The smallest absolute Gasteiger partial charge is 0.242 e. The van der Waals surface area contributed by atoms with Gasteiger partial charge >= 0.3 is 0 Å². The van der Waals surface area contributed by atoms with E-state index < -0.39 is 16.1 Å². The maximum Gasteiger partial charge on any atom is 0.242 e. The Morgan fingerprint density at radius 2 is 2.06 bits per heavy atom. The number of ether oxygens (including phenoxy) is 1. The van der Waals surface area contributed by atoms with Crippen molar-refractivity contribution in [3.05, 3.63) is 41.7 Å². The second-order valence-electron chi connectivity index (χ2n) is 8.88. The fourth-order valence-corrected chi connectivity index (χ4v) is 5.16. The van der Waals surface area contributed by atoms with Crippen molar-refractivity contribution in [3.63, 3.8) is 0 Å². The minimum atomic E-state index is -3.84. The number of aromatic nitrogens is 3. The van der Waals surface area contributed by atoms with Crippen LogP contribution in [0, 0.1) is 17.2 Å². The molecule has 0 bridgehead atoms. The van der Waals surface area contributed by atoms with E-state index in [1.54, 1.807) is 22.7 Å². The third-order valence-electron chi connectivity index (χ3n) is 6.27. The lowest BCUT2D eigenvalue weighted by molar-refractivity contribution is -0.136. The standard InChI is InChI=1S/C23H32N6O5S/c1-17-13-28(18(2)15-30)23(31)5-4-10-29-20(12-25-26-29)16-34-22(17)14-27(3)35(32,33)21-8-6-19(11-24)7-9-21/h6-9,12,17-18,22,30H,4-5,10,13-16H2,1-3H3/t17-,18+,22-/m0/s1. The van der Waals surface area contributed by atoms with Crippen molar-refractivity contribution in [2.45, 2.75) is 56.9 Å². The van der Waals surface area contributed by atoms with Gasteiger partial charge in [0.05, 0.1) is 53.8 Å². The van der Waals surface area contributed by atoms with E-state index in [1.165, 1.54) is 35.6 Å². The molecular weight excluding hydrogens is 472 g/mol. The molecule has 1 amide bonds. The highest BCUT2D eigenvalue weighted by Gasteiger charge is 2.31. The third kappa shape index (κ3) is 6.43. The zero-order valence-corrected chi connectivity index (χ0v) is 21.1. The lowest BCUT2D eigenvalue weighted by atomic mass is 10.0. The lowest BCUT2D eigenvalue weighted by Gasteiger charge is -2.35. The summed E-state index contributed by atoms with van der Waals surface area (Å²) < 4.78 is 35.5. The van der Waals surface area contributed by atoms with E-state index in [9.17, 15) is 18.3 Å². The van der Waals surface area contributed by atoms with E-state index >= 15 is 0 Å². The number of likely N-dealkylation sites (N-methyl/N-ethyl adjacent to an activating group) is 1. The molecule has 1 aromatic carbocycles. The van der Waals surface area contributed by atoms with Crippen LogP contribution in [0.15, 0.2) is 35.4 Å². The van der Waals surface area contributed by atoms with Crippen LogP contribution in [0.5, 0.6) is 0 Å². The molecule has 1 aliphatic rings. The van der Waals surface area contributed by atoms with Gasteiger partial charge in [-0.15, -0.1) is 5.10 Å². The Morgan fingerprint density at radius 3 is 2.71 bits per heavy atom. The maximum absolute atomic E-state index is 13.2. The fraction of sp³-hybridized carbons (Fsp3) is 0.565. The first-order valence-corrected chi connectivity index (χ1v) is 13.0. The largest absolute Gasteiger partial charge is 0.394 e. The van der Waals surface area contributed by atoms with E-state index in [-0.39, 0.29) is 42.5 Å². The number of hydrogen-bond donors (Lipinski definition) is 1. The third-order valence-corrected chi connectivity index (χ3v) is 8.11. The molecule has 0 saturated carbocycles. The number of sulfonamides is 1. The van der Waals surface area contributed by atoms with Crippen molar-refractivity contribution in [2.24, 2.45) is 5.92 Å². The van der Waals surface area contributed by atoms with Gasteiger partial charge in [0.25, 0.3) is 0 Å². The van der Waals surface area contributed by atoms with E-state index in [2.05, 4.69) is 10.3 Å². The Labute approximate surface area is 205 Å². The van der Waals surface area contributed by atoms with Gasteiger partial charge in [-0.3, -0.25) is 4.79 Å². The molecular formula is C23H32N6O5S. The molecule has 2 heterocycles. The molecule has 0 saturated heterocycles. The first-order valence-electron chi connectivity index (χ1n) is 11.5. The summed E-state index contributed by atoms with van der Waals surface area (Å²) in [5.41, 5.74) is 1.12. The molecule has 0 fully saturated rings. The average Bonchev–Trinajstić information content (AvgIpc) is 3.30. The summed E-state index contributed by atoms with van der Waals surface area (Å²) >= 11 is 0. The van der Waals surface area contributed by atoms with E-state index in [0.29, 0.717) is 31.5 Å². The molecule has 0 radical (unpaired) electrons. The second kappa shape index (κ2) is 11.7. The van der Waals surface area contributed by atoms with E-state index in [1.807, 2.05) is 13.0 Å². The zero-order chi connectivity index (χ0) is 25.6. The number of carbonyl (C=O) groups is 1. The summed E-state index contributed by atoms with van der Waals surface area (Å²) in [6.45, 7) is 4.55. The van der Waals surface area contributed by atoms with Crippen molar-refractivity contribution >= 4 is 15.9 Å². The first-order chi connectivity index (χ1) is 16.7. The zero-order valence-electron chi connectivity index (χ0n) is 20.2. The number of benzene rings is 1. The highest BCUT2D eigenvalue weighted by atomic mass is 32.2. The summed E-state index contributed by atoms with van der Waals surface area (Å²) in [6.07, 6.45) is 1.92. The molecule has 0 unspecified atom stereocenters. The number of rotatable bonds is 6. The van der Waals surface area contributed by atoms with Crippen LogP contribution < -0.4 is 0 Å². The number of aliphatic hydroxyl groups excluding tert-OH is 1. The summed E-state index contributed by atoms with van der Waals surface area (Å²) in [6, 6.07) is 7.33. The molecule has 11 nitrogen and oxygen atoms in total. The highest BCUT2D eigenvalue weighted by Crippen LogP contribution is 2.21.